The van der Waals surface area contributed by atoms with Crippen LogP contribution in [0.25, 0.3) is 0 Å². The van der Waals surface area contributed by atoms with Gasteiger partial charge in [-0.3, -0.25) is 9.69 Å². The second kappa shape index (κ2) is 6.44. The highest BCUT2D eigenvalue weighted by Gasteiger charge is 2.55. The lowest BCUT2D eigenvalue weighted by atomic mass is 9.80. The minimum absolute atomic E-state index is 0.140. The molecule has 2 N–H and O–H groups in total. The van der Waals surface area contributed by atoms with E-state index in [-0.39, 0.29) is 11.3 Å². The zero-order valence-electron chi connectivity index (χ0n) is 14.4. The number of aryl methyl sites for hydroxylation is 1. The fourth-order valence-electron chi connectivity index (χ4n) is 4.67. The number of rotatable bonds is 5. The summed E-state index contributed by atoms with van der Waals surface area (Å²) in [5.41, 5.74) is -0.292. The molecule has 1 amide bonds. The summed E-state index contributed by atoms with van der Waals surface area (Å²) in [5, 5.41) is 10.4. The predicted octanol–water partition coefficient (Wildman–Crippen LogP) is 0.712. The van der Waals surface area contributed by atoms with Crippen LogP contribution < -0.4 is 10.6 Å². The molecule has 3 heterocycles. The number of likely N-dealkylation sites (tertiary alicyclic amines) is 1. The predicted molar refractivity (Wildman–Crippen MR) is 88.1 cm³/mol. The van der Waals surface area contributed by atoms with E-state index < -0.39 is 0 Å². The molecule has 4 rings (SSSR count). The normalized spacial score (nSPS) is 30.8. The Balaban J connectivity index is 1.41. The highest BCUT2D eigenvalue weighted by molar-refractivity contribution is 5.84. The monoisotopic (exact) mass is 333 g/mol. The fourth-order valence-corrected chi connectivity index (χ4v) is 4.67. The third kappa shape index (κ3) is 2.73. The Morgan fingerprint density at radius 2 is 2.29 bits per heavy atom. The van der Waals surface area contributed by atoms with E-state index in [4.69, 9.17) is 4.52 Å². The van der Waals surface area contributed by atoms with Crippen LogP contribution in [0.15, 0.2) is 4.52 Å². The molecule has 1 aromatic rings. The Bertz CT molecular complexity index is 598. The van der Waals surface area contributed by atoms with E-state index in [1.165, 1.54) is 25.7 Å². The number of fused-ring (bicyclic) bond motifs is 1. The maximum atomic E-state index is 13.0. The smallest absolute Gasteiger partial charge is 0.229 e. The van der Waals surface area contributed by atoms with Crippen LogP contribution in [-0.4, -0.2) is 53.2 Å². The molecule has 3 fully saturated rings. The SMILES string of the molecule is CCc1nc(CNC(=O)[C@@]23CNC[C@@H]2CN(C2CCCC2)C3)no1. The van der Waals surface area contributed by atoms with Crippen molar-refractivity contribution in [3.8, 4) is 0 Å². The minimum atomic E-state index is -0.292. The molecule has 24 heavy (non-hydrogen) atoms. The van der Waals surface area contributed by atoms with Gasteiger partial charge in [0.25, 0.3) is 0 Å². The quantitative estimate of drug-likeness (QED) is 0.826. The van der Waals surface area contributed by atoms with Crippen molar-refractivity contribution in [2.24, 2.45) is 11.3 Å². The number of nitrogens with zero attached hydrogens (tertiary/aromatic N) is 3. The van der Waals surface area contributed by atoms with Gasteiger partial charge in [-0.1, -0.05) is 24.9 Å². The van der Waals surface area contributed by atoms with Gasteiger partial charge in [-0.05, 0) is 12.8 Å². The number of hydrogen-bond donors (Lipinski definition) is 2. The van der Waals surface area contributed by atoms with Crippen LogP contribution in [0.1, 0.15) is 44.3 Å². The molecule has 0 unspecified atom stereocenters. The first-order valence-corrected chi connectivity index (χ1v) is 9.26. The molecule has 1 aliphatic carbocycles. The van der Waals surface area contributed by atoms with Crippen molar-refractivity contribution >= 4 is 5.91 Å². The molecule has 1 saturated carbocycles. The standard InChI is InChI=1S/C17H27N5O2/c1-2-15-20-14(21-24-15)8-19-16(23)17-10-18-7-12(17)9-22(11-17)13-5-3-4-6-13/h12-13,18H,2-11H2,1H3,(H,19,23)/t12-,17-/m1/s1. The van der Waals surface area contributed by atoms with E-state index >= 15 is 0 Å². The second-order valence-electron chi connectivity index (χ2n) is 7.49. The Morgan fingerprint density at radius 1 is 1.46 bits per heavy atom. The Morgan fingerprint density at radius 3 is 3.04 bits per heavy atom. The summed E-state index contributed by atoms with van der Waals surface area (Å²) in [7, 11) is 0. The van der Waals surface area contributed by atoms with Crippen LogP contribution in [0, 0.1) is 11.3 Å². The number of carbonyl (C=O) groups excluding carboxylic acids is 1. The lowest BCUT2D eigenvalue weighted by Gasteiger charge is -2.28. The molecule has 7 nitrogen and oxygen atoms in total. The van der Waals surface area contributed by atoms with Gasteiger partial charge in [0.15, 0.2) is 5.82 Å². The van der Waals surface area contributed by atoms with Crippen molar-refractivity contribution in [2.45, 2.75) is 51.6 Å². The van der Waals surface area contributed by atoms with Gasteiger partial charge in [0, 0.05) is 44.6 Å². The maximum absolute atomic E-state index is 13.0. The van der Waals surface area contributed by atoms with Gasteiger partial charge in [-0.25, -0.2) is 0 Å². The Labute approximate surface area is 142 Å². The van der Waals surface area contributed by atoms with E-state index in [0.29, 0.717) is 36.6 Å². The molecule has 0 bridgehead atoms. The second-order valence-corrected chi connectivity index (χ2v) is 7.49. The zero-order chi connectivity index (χ0) is 16.6. The van der Waals surface area contributed by atoms with Crippen LogP contribution in [0.2, 0.25) is 0 Å². The zero-order valence-corrected chi connectivity index (χ0v) is 14.4. The summed E-state index contributed by atoms with van der Waals surface area (Å²) in [5.74, 6) is 1.73. The maximum Gasteiger partial charge on any atom is 0.229 e. The average Bonchev–Trinajstić information content (AvgIpc) is 3.34. The first-order valence-electron chi connectivity index (χ1n) is 9.26. The molecule has 7 heteroatoms. The van der Waals surface area contributed by atoms with Crippen LogP contribution in [0.4, 0.5) is 0 Å². The first kappa shape index (κ1) is 16.0. The summed E-state index contributed by atoms with van der Waals surface area (Å²) in [6.07, 6.45) is 5.97. The molecule has 2 aliphatic heterocycles. The Kier molecular flexibility index (Phi) is 4.30. The van der Waals surface area contributed by atoms with Crippen molar-refractivity contribution in [1.29, 1.82) is 0 Å². The van der Waals surface area contributed by atoms with Gasteiger partial charge >= 0.3 is 0 Å². The van der Waals surface area contributed by atoms with E-state index in [1.807, 2.05) is 6.92 Å². The molecule has 1 aromatic heterocycles. The van der Waals surface area contributed by atoms with Crippen LogP contribution in [0.5, 0.6) is 0 Å². The summed E-state index contributed by atoms with van der Waals surface area (Å²) in [4.78, 5) is 19.8. The van der Waals surface area contributed by atoms with E-state index in [2.05, 4.69) is 25.7 Å². The highest BCUT2D eigenvalue weighted by atomic mass is 16.5. The third-order valence-electron chi connectivity index (χ3n) is 6.07. The molecule has 132 valence electrons. The number of carbonyl (C=O) groups is 1. The molecular weight excluding hydrogens is 306 g/mol. The van der Waals surface area contributed by atoms with E-state index in [1.54, 1.807) is 0 Å². The van der Waals surface area contributed by atoms with Crippen LogP contribution in [0.3, 0.4) is 0 Å². The summed E-state index contributed by atoms with van der Waals surface area (Å²) in [6, 6.07) is 0.685. The summed E-state index contributed by atoms with van der Waals surface area (Å²) < 4.78 is 5.11. The molecule has 3 aliphatic rings. The number of nitrogens with one attached hydrogen (secondary N) is 2. The molecule has 2 saturated heterocycles. The Hall–Kier alpha value is -1.47. The lowest BCUT2D eigenvalue weighted by molar-refractivity contribution is -0.131. The van der Waals surface area contributed by atoms with Gasteiger partial charge in [-0.15, -0.1) is 0 Å². The van der Waals surface area contributed by atoms with Crippen LogP contribution in [-0.2, 0) is 17.8 Å². The fraction of sp³-hybridized carbons (Fsp3) is 0.824. The summed E-state index contributed by atoms with van der Waals surface area (Å²) >= 11 is 0. The van der Waals surface area contributed by atoms with Crippen molar-refractivity contribution in [3.63, 3.8) is 0 Å². The minimum Gasteiger partial charge on any atom is -0.348 e. The molecule has 0 spiro atoms. The molecule has 2 atom stereocenters. The van der Waals surface area contributed by atoms with E-state index in [0.717, 1.165) is 26.2 Å². The molecule has 0 aromatic carbocycles. The molecular formula is C17H27N5O2. The largest absolute Gasteiger partial charge is 0.348 e. The van der Waals surface area contributed by atoms with Crippen molar-refractivity contribution < 1.29 is 9.32 Å². The lowest BCUT2D eigenvalue weighted by Crippen LogP contribution is -2.47. The van der Waals surface area contributed by atoms with Crippen molar-refractivity contribution in [3.05, 3.63) is 11.7 Å². The number of hydrogen-bond acceptors (Lipinski definition) is 6. The van der Waals surface area contributed by atoms with Crippen molar-refractivity contribution in [1.82, 2.24) is 25.7 Å². The number of aromatic nitrogens is 2. The van der Waals surface area contributed by atoms with Crippen molar-refractivity contribution in [2.75, 3.05) is 26.2 Å². The molecule has 0 radical (unpaired) electrons. The number of amides is 1. The summed E-state index contributed by atoms with van der Waals surface area (Å²) in [6.45, 7) is 5.97. The topological polar surface area (TPSA) is 83.3 Å². The van der Waals surface area contributed by atoms with Crippen LogP contribution >= 0.6 is 0 Å². The van der Waals surface area contributed by atoms with Gasteiger partial charge < -0.3 is 15.2 Å². The van der Waals surface area contributed by atoms with Gasteiger partial charge in [0.2, 0.25) is 11.8 Å². The van der Waals surface area contributed by atoms with Gasteiger partial charge in [0.05, 0.1) is 12.0 Å². The highest BCUT2D eigenvalue weighted by Crippen LogP contribution is 2.42. The average molecular weight is 333 g/mol. The van der Waals surface area contributed by atoms with Gasteiger partial charge in [-0.2, -0.15) is 4.98 Å². The van der Waals surface area contributed by atoms with Gasteiger partial charge in [0.1, 0.15) is 0 Å². The third-order valence-corrected chi connectivity index (χ3v) is 6.07. The first-order chi connectivity index (χ1) is 11.7. The van der Waals surface area contributed by atoms with E-state index in [9.17, 15) is 4.79 Å².